The zero-order valence-electron chi connectivity index (χ0n) is 10.5. The second kappa shape index (κ2) is 5.55. The number of aromatic amines is 1. The lowest BCUT2D eigenvalue weighted by atomic mass is 10.1. The fourth-order valence-electron chi connectivity index (χ4n) is 2.07. The molecule has 0 bridgehead atoms. The molecule has 1 aromatic heterocycles. The number of carbonyl (C=O) groups excluding carboxylic acids is 2. The highest BCUT2D eigenvalue weighted by Crippen LogP contribution is 2.13. The Labute approximate surface area is 113 Å². The number of nitrogens with zero attached hydrogens (tertiary/aromatic N) is 1. The van der Waals surface area contributed by atoms with Crippen molar-refractivity contribution in [1.29, 1.82) is 0 Å². The average Bonchev–Trinajstić information content (AvgIpc) is 2.40. The molecular weight excluding hydrogens is 266 g/mol. The Hall–Kier alpha value is -2.64. The molecule has 3 N–H and O–H groups in total. The summed E-state index contributed by atoms with van der Waals surface area (Å²) in [6.45, 7) is 0.458. The Morgan fingerprint density at radius 2 is 2.15 bits per heavy atom. The third-order valence-corrected chi connectivity index (χ3v) is 2.98. The van der Waals surface area contributed by atoms with Gasteiger partial charge in [0.15, 0.2) is 0 Å². The molecule has 0 aliphatic carbocycles. The molecule has 8 nitrogen and oxygen atoms in total. The summed E-state index contributed by atoms with van der Waals surface area (Å²) in [7, 11) is 0. The third-order valence-electron chi connectivity index (χ3n) is 2.98. The van der Waals surface area contributed by atoms with Gasteiger partial charge in [-0.1, -0.05) is 0 Å². The van der Waals surface area contributed by atoms with Crippen molar-refractivity contribution in [2.45, 2.75) is 12.5 Å². The summed E-state index contributed by atoms with van der Waals surface area (Å²) in [5.41, 5.74) is -0.314. The van der Waals surface area contributed by atoms with Crippen LogP contribution in [0.1, 0.15) is 16.8 Å². The zero-order chi connectivity index (χ0) is 14.7. The van der Waals surface area contributed by atoms with Crippen molar-refractivity contribution in [1.82, 2.24) is 15.2 Å². The van der Waals surface area contributed by atoms with Crippen molar-refractivity contribution in [3.63, 3.8) is 0 Å². The van der Waals surface area contributed by atoms with Gasteiger partial charge in [0.05, 0.1) is 6.42 Å². The Balaban J connectivity index is 2.28. The predicted octanol–water partition coefficient (Wildman–Crippen LogP) is -1.21. The van der Waals surface area contributed by atoms with Crippen LogP contribution in [0.4, 0.5) is 0 Å². The minimum Gasteiger partial charge on any atom is -0.481 e. The molecule has 1 atom stereocenters. The van der Waals surface area contributed by atoms with E-state index in [1.54, 1.807) is 0 Å². The summed E-state index contributed by atoms with van der Waals surface area (Å²) in [6, 6.07) is 1.47. The van der Waals surface area contributed by atoms with E-state index in [-0.39, 0.29) is 18.7 Å². The first kappa shape index (κ1) is 13.8. The average molecular weight is 279 g/mol. The number of hydrogen-bond acceptors (Lipinski definition) is 4. The highest BCUT2D eigenvalue weighted by Gasteiger charge is 2.35. The minimum atomic E-state index is -1.17. The van der Waals surface area contributed by atoms with Crippen LogP contribution in [0.25, 0.3) is 0 Å². The molecule has 1 aliphatic heterocycles. The highest BCUT2D eigenvalue weighted by atomic mass is 16.4. The van der Waals surface area contributed by atoms with Crippen LogP contribution in [0.5, 0.6) is 0 Å². The molecule has 0 spiro atoms. The molecule has 1 aliphatic rings. The Bertz CT molecular complexity index is 609. The van der Waals surface area contributed by atoms with Crippen LogP contribution in [-0.2, 0) is 9.59 Å². The van der Waals surface area contributed by atoms with Crippen molar-refractivity contribution in [2.75, 3.05) is 13.1 Å². The fraction of sp³-hybridized carbons (Fsp3) is 0.333. The molecule has 20 heavy (non-hydrogen) atoms. The number of carboxylic acids is 1. The summed E-state index contributed by atoms with van der Waals surface area (Å²) >= 11 is 0. The number of rotatable bonds is 3. The van der Waals surface area contributed by atoms with Crippen LogP contribution in [0.2, 0.25) is 0 Å². The zero-order valence-corrected chi connectivity index (χ0v) is 10.5. The van der Waals surface area contributed by atoms with E-state index in [1.165, 1.54) is 17.2 Å². The van der Waals surface area contributed by atoms with Crippen LogP contribution in [0, 0.1) is 0 Å². The van der Waals surface area contributed by atoms with Crippen molar-refractivity contribution in [3.8, 4) is 0 Å². The number of piperazine rings is 1. The van der Waals surface area contributed by atoms with Gasteiger partial charge in [-0.05, 0) is 6.07 Å². The van der Waals surface area contributed by atoms with E-state index in [9.17, 15) is 19.2 Å². The summed E-state index contributed by atoms with van der Waals surface area (Å²) in [5, 5.41) is 11.3. The number of carbonyl (C=O) groups is 3. The first-order valence-electron chi connectivity index (χ1n) is 5.98. The van der Waals surface area contributed by atoms with Crippen molar-refractivity contribution in [3.05, 3.63) is 34.2 Å². The number of carboxylic acid groups (broad SMARTS) is 1. The van der Waals surface area contributed by atoms with E-state index in [0.29, 0.717) is 0 Å². The molecule has 106 valence electrons. The molecule has 0 radical (unpaired) electrons. The van der Waals surface area contributed by atoms with E-state index >= 15 is 0 Å². The quantitative estimate of drug-likeness (QED) is 0.641. The van der Waals surface area contributed by atoms with Gasteiger partial charge in [0.2, 0.25) is 11.5 Å². The number of hydrogen-bond donors (Lipinski definition) is 3. The summed E-state index contributed by atoms with van der Waals surface area (Å²) in [6.07, 6.45) is 0.854. The van der Waals surface area contributed by atoms with Crippen LogP contribution in [-0.4, -0.2) is 51.9 Å². The molecule has 1 unspecified atom stereocenters. The van der Waals surface area contributed by atoms with Crippen molar-refractivity contribution < 1.29 is 19.5 Å². The van der Waals surface area contributed by atoms with Crippen LogP contribution < -0.4 is 10.9 Å². The van der Waals surface area contributed by atoms with Crippen molar-refractivity contribution >= 4 is 17.8 Å². The van der Waals surface area contributed by atoms with Gasteiger partial charge in [-0.15, -0.1) is 0 Å². The minimum absolute atomic E-state index is 0.124. The molecule has 1 aromatic rings. The maximum atomic E-state index is 12.3. The highest BCUT2D eigenvalue weighted by molar-refractivity contribution is 5.99. The lowest BCUT2D eigenvalue weighted by Crippen LogP contribution is -2.57. The van der Waals surface area contributed by atoms with E-state index in [4.69, 9.17) is 5.11 Å². The Morgan fingerprint density at radius 1 is 1.40 bits per heavy atom. The molecule has 0 saturated carbocycles. The third kappa shape index (κ3) is 2.85. The number of aliphatic carboxylic acids is 1. The van der Waals surface area contributed by atoms with Crippen LogP contribution in [0.15, 0.2) is 23.1 Å². The van der Waals surface area contributed by atoms with Crippen LogP contribution in [0.3, 0.4) is 0 Å². The standard InChI is InChI=1S/C12H13N3O5/c16-9-5-7(1-2-13-9)12(20)15-4-3-14-11(19)8(15)6-10(17)18/h1-2,5,8H,3-4,6H2,(H,13,16)(H,14,19)(H,17,18). The van der Waals surface area contributed by atoms with E-state index in [1.807, 2.05) is 0 Å². The molecule has 1 saturated heterocycles. The van der Waals surface area contributed by atoms with Gasteiger partial charge >= 0.3 is 5.97 Å². The topological polar surface area (TPSA) is 120 Å². The molecule has 2 amide bonds. The number of pyridine rings is 1. The number of aromatic nitrogens is 1. The second-order valence-corrected chi connectivity index (χ2v) is 4.34. The fourth-order valence-corrected chi connectivity index (χ4v) is 2.07. The summed E-state index contributed by atoms with van der Waals surface area (Å²) in [5.74, 6) is -2.20. The van der Waals surface area contributed by atoms with Gasteiger partial charge in [-0.3, -0.25) is 19.2 Å². The first-order chi connectivity index (χ1) is 9.49. The molecule has 2 heterocycles. The summed E-state index contributed by atoms with van der Waals surface area (Å²) < 4.78 is 0. The lowest BCUT2D eigenvalue weighted by molar-refractivity contribution is -0.142. The lowest BCUT2D eigenvalue weighted by Gasteiger charge is -2.34. The van der Waals surface area contributed by atoms with Crippen LogP contribution >= 0.6 is 0 Å². The number of nitrogens with one attached hydrogen (secondary N) is 2. The Kier molecular flexibility index (Phi) is 3.83. The predicted molar refractivity (Wildman–Crippen MR) is 67.1 cm³/mol. The number of H-pyrrole nitrogens is 1. The molecule has 1 fully saturated rings. The molecule has 2 rings (SSSR count). The SMILES string of the molecule is O=C(O)CC1C(=O)NCCN1C(=O)c1cc[nH]c(=O)c1. The van der Waals surface area contributed by atoms with E-state index < -0.39 is 35.8 Å². The second-order valence-electron chi connectivity index (χ2n) is 4.34. The van der Waals surface area contributed by atoms with E-state index in [0.717, 1.165) is 6.07 Å². The van der Waals surface area contributed by atoms with Gasteiger partial charge in [-0.25, -0.2) is 0 Å². The maximum absolute atomic E-state index is 12.3. The smallest absolute Gasteiger partial charge is 0.305 e. The van der Waals surface area contributed by atoms with Crippen molar-refractivity contribution in [2.24, 2.45) is 0 Å². The first-order valence-corrected chi connectivity index (χ1v) is 5.98. The summed E-state index contributed by atoms with van der Waals surface area (Å²) in [4.78, 5) is 49.6. The normalized spacial score (nSPS) is 18.5. The van der Waals surface area contributed by atoms with Gasteiger partial charge < -0.3 is 20.3 Å². The monoisotopic (exact) mass is 279 g/mol. The van der Waals surface area contributed by atoms with E-state index in [2.05, 4.69) is 10.3 Å². The van der Waals surface area contributed by atoms with Gasteiger partial charge in [0, 0.05) is 30.9 Å². The van der Waals surface area contributed by atoms with Gasteiger partial charge in [0.1, 0.15) is 6.04 Å². The molecule has 8 heteroatoms. The largest absolute Gasteiger partial charge is 0.481 e. The Morgan fingerprint density at radius 3 is 2.80 bits per heavy atom. The number of amides is 2. The molecule has 0 aromatic carbocycles. The molecular formula is C12H13N3O5. The van der Waals surface area contributed by atoms with Gasteiger partial charge in [-0.2, -0.15) is 0 Å². The van der Waals surface area contributed by atoms with Gasteiger partial charge in [0.25, 0.3) is 5.91 Å². The maximum Gasteiger partial charge on any atom is 0.305 e.